The summed E-state index contributed by atoms with van der Waals surface area (Å²) in [4.78, 5) is 23.3. The summed E-state index contributed by atoms with van der Waals surface area (Å²) in [7, 11) is 0. The van der Waals surface area contributed by atoms with Crippen LogP contribution in [0, 0.1) is 5.82 Å². The smallest absolute Gasteiger partial charge is 0.254 e. The van der Waals surface area contributed by atoms with Gasteiger partial charge in [-0.05, 0) is 24.3 Å². The Labute approximate surface area is 145 Å². The van der Waals surface area contributed by atoms with Crippen LogP contribution < -0.4 is 5.32 Å². The number of fused-ring (bicyclic) bond motifs is 1. The van der Waals surface area contributed by atoms with Crippen LogP contribution in [0.3, 0.4) is 0 Å². The zero-order valence-electron chi connectivity index (χ0n) is 13.2. The van der Waals surface area contributed by atoms with Gasteiger partial charge in [0.15, 0.2) is 0 Å². The second-order valence-corrected chi connectivity index (χ2v) is 5.50. The summed E-state index contributed by atoms with van der Waals surface area (Å²) >= 11 is 0. The number of hydrogen-bond acceptors (Lipinski definition) is 6. The molecule has 2 aromatic heterocycles. The van der Waals surface area contributed by atoms with Gasteiger partial charge in [0.25, 0.3) is 5.91 Å². The Bertz CT molecular complexity index is 1100. The first kappa shape index (κ1) is 15.8. The van der Waals surface area contributed by atoms with Gasteiger partial charge in [0.1, 0.15) is 17.1 Å². The number of carbonyl (C=O) groups is 1. The normalized spacial score (nSPS) is 11.0. The number of nitrogens with one attached hydrogen (secondary N) is 2. The van der Waals surface area contributed by atoms with E-state index >= 15 is 0 Å². The van der Waals surface area contributed by atoms with Crippen LogP contribution in [0.1, 0.15) is 16.2 Å². The maximum Gasteiger partial charge on any atom is 0.254 e. The van der Waals surface area contributed by atoms with Crippen LogP contribution in [0.15, 0.2) is 47.2 Å². The SMILES string of the molecule is O=C(NCc1nc(-c2cccc(O)c2)no1)c1cc(F)cc2[nH]cnc12. The van der Waals surface area contributed by atoms with E-state index in [0.29, 0.717) is 16.6 Å². The summed E-state index contributed by atoms with van der Waals surface area (Å²) in [5.41, 5.74) is 1.48. The van der Waals surface area contributed by atoms with Gasteiger partial charge < -0.3 is 19.9 Å². The van der Waals surface area contributed by atoms with Crippen molar-refractivity contribution in [3.63, 3.8) is 0 Å². The summed E-state index contributed by atoms with van der Waals surface area (Å²) in [6.45, 7) is -0.0346. The molecular formula is C17H12FN5O3. The third-order valence-corrected chi connectivity index (χ3v) is 3.71. The first-order valence-electron chi connectivity index (χ1n) is 7.63. The first-order valence-corrected chi connectivity index (χ1v) is 7.63. The summed E-state index contributed by atoms with van der Waals surface area (Å²) < 4.78 is 18.7. The summed E-state index contributed by atoms with van der Waals surface area (Å²) in [6.07, 6.45) is 1.39. The van der Waals surface area contributed by atoms with Gasteiger partial charge in [-0.25, -0.2) is 9.37 Å². The Morgan fingerprint density at radius 1 is 1.31 bits per heavy atom. The summed E-state index contributed by atoms with van der Waals surface area (Å²) in [6, 6.07) is 8.77. The maximum atomic E-state index is 13.6. The number of rotatable bonds is 4. The average Bonchev–Trinajstić information content (AvgIpc) is 3.28. The molecule has 4 aromatic rings. The second kappa shape index (κ2) is 6.28. The highest BCUT2D eigenvalue weighted by Crippen LogP contribution is 2.21. The molecular weight excluding hydrogens is 341 g/mol. The number of nitrogens with zero attached hydrogens (tertiary/aromatic N) is 3. The minimum Gasteiger partial charge on any atom is -0.508 e. The molecule has 0 spiro atoms. The molecule has 0 radical (unpaired) electrons. The molecule has 4 rings (SSSR count). The lowest BCUT2D eigenvalue weighted by Gasteiger charge is -2.03. The lowest BCUT2D eigenvalue weighted by atomic mass is 10.1. The van der Waals surface area contributed by atoms with Crippen LogP contribution in [0.4, 0.5) is 4.39 Å². The zero-order chi connectivity index (χ0) is 18.1. The number of carbonyl (C=O) groups excluding carboxylic acids is 1. The highest BCUT2D eigenvalue weighted by atomic mass is 19.1. The fourth-order valence-corrected chi connectivity index (χ4v) is 2.53. The van der Waals surface area contributed by atoms with Crippen LogP contribution in [0.5, 0.6) is 5.75 Å². The largest absolute Gasteiger partial charge is 0.508 e. The molecule has 26 heavy (non-hydrogen) atoms. The molecule has 1 amide bonds. The number of phenolic OH excluding ortho intramolecular Hbond substituents is 1. The van der Waals surface area contributed by atoms with E-state index < -0.39 is 11.7 Å². The van der Waals surface area contributed by atoms with Gasteiger partial charge in [-0.15, -0.1) is 0 Å². The number of amides is 1. The number of aromatic amines is 1. The van der Waals surface area contributed by atoms with Gasteiger partial charge in [-0.3, -0.25) is 4.79 Å². The molecule has 0 aliphatic rings. The standard InChI is InChI=1S/C17H12FN5O3/c18-10-5-12(15-13(6-10)20-8-21-15)17(25)19-7-14-22-16(23-26-14)9-2-1-3-11(24)4-9/h1-6,8,24H,7H2,(H,19,25)(H,20,21). The van der Waals surface area contributed by atoms with Crippen molar-refractivity contribution in [3.8, 4) is 17.1 Å². The Morgan fingerprint density at radius 2 is 2.19 bits per heavy atom. The highest BCUT2D eigenvalue weighted by molar-refractivity contribution is 6.04. The Balaban J connectivity index is 1.50. The fourth-order valence-electron chi connectivity index (χ4n) is 2.53. The van der Waals surface area contributed by atoms with Gasteiger partial charge in [0, 0.05) is 5.56 Å². The maximum absolute atomic E-state index is 13.6. The molecule has 0 atom stereocenters. The van der Waals surface area contributed by atoms with E-state index in [0.717, 1.165) is 6.07 Å². The van der Waals surface area contributed by atoms with E-state index in [9.17, 15) is 14.3 Å². The van der Waals surface area contributed by atoms with E-state index in [1.165, 1.54) is 24.5 Å². The average molecular weight is 353 g/mol. The number of halogens is 1. The van der Waals surface area contributed by atoms with Crippen molar-refractivity contribution in [2.75, 3.05) is 0 Å². The molecule has 0 aliphatic heterocycles. The molecule has 3 N–H and O–H groups in total. The molecule has 2 heterocycles. The third kappa shape index (κ3) is 2.97. The summed E-state index contributed by atoms with van der Waals surface area (Å²) in [5.74, 6) is -0.525. The second-order valence-electron chi connectivity index (χ2n) is 5.50. The van der Waals surface area contributed by atoms with E-state index in [-0.39, 0.29) is 29.6 Å². The van der Waals surface area contributed by atoms with Crippen LogP contribution in [0.2, 0.25) is 0 Å². The molecule has 8 nitrogen and oxygen atoms in total. The topological polar surface area (TPSA) is 117 Å². The third-order valence-electron chi connectivity index (χ3n) is 3.71. The van der Waals surface area contributed by atoms with Crippen molar-refractivity contribution in [3.05, 3.63) is 60.0 Å². The van der Waals surface area contributed by atoms with Crippen molar-refractivity contribution in [2.45, 2.75) is 6.54 Å². The number of hydrogen-bond donors (Lipinski definition) is 3. The molecule has 0 unspecified atom stereocenters. The monoisotopic (exact) mass is 353 g/mol. The van der Waals surface area contributed by atoms with Crippen LogP contribution in [-0.2, 0) is 6.54 Å². The van der Waals surface area contributed by atoms with Gasteiger partial charge in [0.2, 0.25) is 11.7 Å². The summed E-state index contributed by atoms with van der Waals surface area (Å²) in [5, 5.41) is 15.9. The van der Waals surface area contributed by atoms with Crippen molar-refractivity contribution in [1.82, 2.24) is 25.4 Å². The Kier molecular flexibility index (Phi) is 3.81. The Hall–Kier alpha value is -3.75. The molecule has 0 bridgehead atoms. The highest BCUT2D eigenvalue weighted by Gasteiger charge is 2.16. The fraction of sp³-hybridized carbons (Fsp3) is 0.0588. The lowest BCUT2D eigenvalue weighted by molar-refractivity contribution is 0.0947. The predicted octanol–water partition coefficient (Wildman–Crippen LogP) is 2.39. The van der Waals surface area contributed by atoms with E-state index in [4.69, 9.17) is 4.52 Å². The van der Waals surface area contributed by atoms with Crippen molar-refractivity contribution in [2.24, 2.45) is 0 Å². The number of aromatic nitrogens is 4. The molecule has 0 fully saturated rings. The number of imidazole rings is 1. The van der Waals surface area contributed by atoms with Crippen LogP contribution in [0.25, 0.3) is 22.4 Å². The number of aromatic hydroxyl groups is 1. The number of benzene rings is 2. The van der Waals surface area contributed by atoms with Gasteiger partial charge >= 0.3 is 0 Å². The molecule has 0 saturated carbocycles. The molecule has 130 valence electrons. The van der Waals surface area contributed by atoms with Crippen molar-refractivity contribution < 1.29 is 18.8 Å². The molecule has 0 aliphatic carbocycles. The van der Waals surface area contributed by atoms with E-state index in [1.807, 2.05) is 0 Å². The zero-order valence-corrected chi connectivity index (χ0v) is 13.2. The Morgan fingerprint density at radius 3 is 3.04 bits per heavy atom. The minimum absolute atomic E-state index is 0.0346. The van der Waals surface area contributed by atoms with Crippen LogP contribution in [-0.4, -0.2) is 31.1 Å². The number of phenols is 1. The van der Waals surface area contributed by atoms with Crippen molar-refractivity contribution >= 4 is 16.9 Å². The van der Waals surface area contributed by atoms with E-state index in [1.54, 1.807) is 12.1 Å². The molecule has 0 saturated heterocycles. The number of H-pyrrole nitrogens is 1. The predicted molar refractivity (Wildman–Crippen MR) is 88.6 cm³/mol. The quantitative estimate of drug-likeness (QED) is 0.519. The van der Waals surface area contributed by atoms with Gasteiger partial charge in [-0.1, -0.05) is 17.3 Å². The molecule has 2 aromatic carbocycles. The van der Waals surface area contributed by atoms with Crippen molar-refractivity contribution in [1.29, 1.82) is 0 Å². The first-order chi connectivity index (χ1) is 12.6. The minimum atomic E-state index is -0.545. The molecule has 9 heteroatoms. The lowest BCUT2D eigenvalue weighted by Crippen LogP contribution is -2.23. The van der Waals surface area contributed by atoms with E-state index in [2.05, 4.69) is 25.4 Å². The van der Waals surface area contributed by atoms with Gasteiger partial charge in [0.05, 0.1) is 24.0 Å². The van der Waals surface area contributed by atoms with Gasteiger partial charge in [-0.2, -0.15) is 4.98 Å². The van der Waals surface area contributed by atoms with Crippen LogP contribution >= 0.6 is 0 Å².